The highest BCUT2D eigenvalue weighted by Gasteiger charge is 2.20. The van der Waals surface area contributed by atoms with Crippen LogP contribution in [0.4, 0.5) is 0 Å². The molecule has 7 heteroatoms. The molecule has 0 bridgehead atoms. The molecule has 0 aliphatic heterocycles. The summed E-state index contributed by atoms with van der Waals surface area (Å²) in [5.74, 6) is -0.795. The summed E-state index contributed by atoms with van der Waals surface area (Å²) >= 11 is 11.9. The molecule has 26 heavy (non-hydrogen) atoms. The number of fused-ring (bicyclic) bond motifs is 2. The summed E-state index contributed by atoms with van der Waals surface area (Å²) in [5, 5.41) is 1.77. The van der Waals surface area contributed by atoms with Crippen LogP contribution in [0.15, 0.2) is 67.0 Å². The van der Waals surface area contributed by atoms with Gasteiger partial charge in [0.25, 0.3) is 0 Å². The molecule has 0 saturated carbocycles. The Labute approximate surface area is 155 Å². The summed E-state index contributed by atoms with van der Waals surface area (Å²) < 4.78 is 10.3. The molecular formula is C19H8Cl2O5. The van der Waals surface area contributed by atoms with Gasteiger partial charge in [-0.1, -0.05) is 23.2 Å². The van der Waals surface area contributed by atoms with Gasteiger partial charge >= 0.3 is 11.3 Å². The molecule has 0 fully saturated rings. The molecule has 0 radical (unpaired) electrons. The Hall–Kier alpha value is -2.89. The van der Waals surface area contributed by atoms with Gasteiger partial charge < -0.3 is 8.83 Å². The number of rotatable bonds is 2. The summed E-state index contributed by atoms with van der Waals surface area (Å²) in [6, 6.07) is 12.0. The summed E-state index contributed by atoms with van der Waals surface area (Å²) in [6.45, 7) is 0. The highest BCUT2D eigenvalue weighted by molar-refractivity contribution is 6.31. The zero-order valence-corrected chi connectivity index (χ0v) is 14.4. The summed E-state index contributed by atoms with van der Waals surface area (Å²) in [6.07, 6.45) is 0. The normalized spacial score (nSPS) is 11.2. The van der Waals surface area contributed by atoms with Crippen LogP contribution in [-0.4, -0.2) is 5.78 Å². The third-order valence-electron chi connectivity index (χ3n) is 3.88. The maximum absolute atomic E-state index is 12.8. The van der Waals surface area contributed by atoms with Gasteiger partial charge in [0.2, 0.25) is 5.78 Å². The maximum Gasteiger partial charge on any atom is 0.347 e. The molecule has 0 aliphatic carbocycles. The summed E-state index contributed by atoms with van der Waals surface area (Å²) in [5.41, 5.74) is -1.70. The zero-order valence-electron chi connectivity index (χ0n) is 12.9. The van der Waals surface area contributed by atoms with E-state index < -0.39 is 17.0 Å². The van der Waals surface area contributed by atoms with Gasteiger partial charge in [-0.25, -0.2) is 9.59 Å². The van der Waals surface area contributed by atoms with Crippen molar-refractivity contribution in [2.24, 2.45) is 0 Å². The average molecular weight is 387 g/mol. The third kappa shape index (κ3) is 2.81. The van der Waals surface area contributed by atoms with E-state index in [1.807, 2.05) is 0 Å². The van der Waals surface area contributed by atoms with Crippen LogP contribution in [0.2, 0.25) is 10.0 Å². The summed E-state index contributed by atoms with van der Waals surface area (Å²) in [7, 11) is 0. The van der Waals surface area contributed by atoms with Gasteiger partial charge in [0.05, 0.1) is 0 Å². The molecule has 128 valence electrons. The molecule has 0 aliphatic rings. The topological polar surface area (TPSA) is 77.5 Å². The van der Waals surface area contributed by atoms with E-state index in [4.69, 9.17) is 32.0 Å². The highest BCUT2D eigenvalue weighted by atomic mass is 35.5. The Morgan fingerprint density at radius 2 is 1.12 bits per heavy atom. The standard InChI is InChI=1S/C19H8Cl2O5/c20-11-1-3-15-9(5-11)7-13(18(23)25-15)17(22)14-8-10-6-12(21)2-4-16(10)26-19(14)24/h1-8H. The number of hydrogen-bond acceptors (Lipinski definition) is 5. The van der Waals surface area contributed by atoms with Gasteiger partial charge in [0.1, 0.15) is 22.3 Å². The first kappa shape index (κ1) is 16.6. The first-order valence-electron chi connectivity index (χ1n) is 7.44. The monoisotopic (exact) mass is 386 g/mol. The van der Waals surface area contributed by atoms with Crippen molar-refractivity contribution in [3.05, 3.63) is 90.5 Å². The molecule has 4 aromatic rings. The Kier molecular flexibility index (Phi) is 3.90. The fourth-order valence-corrected chi connectivity index (χ4v) is 3.01. The molecule has 2 aromatic carbocycles. The van der Waals surface area contributed by atoms with E-state index in [-0.39, 0.29) is 22.3 Å². The molecule has 0 amide bonds. The van der Waals surface area contributed by atoms with Gasteiger partial charge in [-0.2, -0.15) is 0 Å². The summed E-state index contributed by atoms with van der Waals surface area (Å²) in [4.78, 5) is 37.1. The zero-order chi connectivity index (χ0) is 18.4. The van der Waals surface area contributed by atoms with Crippen molar-refractivity contribution in [3.8, 4) is 0 Å². The van der Waals surface area contributed by atoms with Crippen molar-refractivity contribution < 1.29 is 13.6 Å². The Balaban J connectivity index is 1.92. The minimum atomic E-state index is -0.851. The van der Waals surface area contributed by atoms with Gasteiger partial charge in [-0.3, -0.25) is 4.79 Å². The largest absolute Gasteiger partial charge is 0.422 e. The van der Waals surface area contributed by atoms with Crippen LogP contribution in [0.5, 0.6) is 0 Å². The first-order valence-corrected chi connectivity index (χ1v) is 8.19. The number of carbonyl (C=O) groups excluding carboxylic acids is 1. The van der Waals surface area contributed by atoms with Crippen LogP contribution >= 0.6 is 23.2 Å². The van der Waals surface area contributed by atoms with E-state index in [0.717, 1.165) is 0 Å². The lowest BCUT2D eigenvalue weighted by Gasteiger charge is -2.03. The lowest BCUT2D eigenvalue weighted by Crippen LogP contribution is -2.20. The molecule has 2 heterocycles. The van der Waals surface area contributed by atoms with Crippen LogP contribution in [-0.2, 0) is 0 Å². The van der Waals surface area contributed by atoms with Crippen molar-refractivity contribution in [1.82, 2.24) is 0 Å². The highest BCUT2D eigenvalue weighted by Crippen LogP contribution is 2.22. The van der Waals surface area contributed by atoms with E-state index in [2.05, 4.69) is 0 Å². The van der Waals surface area contributed by atoms with E-state index in [1.165, 1.54) is 24.3 Å². The van der Waals surface area contributed by atoms with E-state index in [9.17, 15) is 14.4 Å². The quantitative estimate of drug-likeness (QED) is 0.376. The molecule has 0 spiro atoms. The SMILES string of the molecule is O=C(c1cc2cc(Cl)ccc2oc1=O)c1cc2cc(Cl)ccc2oc1=O. The van der Waals surface area contributed by atoms with Crippen LogP contribution in [0.1, 0.15) is 15.9 Å². The van der Waals surface area contributed by atoms with Crippen LogP contribution in [0.25, 0.3) is 21.9 Å². The maximum atomic E-state index is 12.8. The second kappa shape index (κ2) is 6.12. The molecule has 0 saturated heterocycles. The van der Waals surface area contributed by atoms with Crippen LogP contribution in [0.3, 0.4) is 0 Å². The lowest BCUT2D eigenvalue weighted by atomic mass is 10.0. The van der Waals surface area contributed by atoms with Crippen LogP contribution in [0, 0.1) is 0 Å². The van der Waals surface area contributed by atoms with Gasteiger partial charge in [0, 0.05) is 20.8 Å². The van der Waals surface area contributed by atoms with Gasteiger partial charge in [0.15, 0.2) is 0 Å². The second-order valence-electron chi connectivity index (χ2n) is 5.59. The number of benzene rings is 2. The fourth-order valence-electron chi connectivity index (χ4n) is 2.65. The molecule has 0 atom stereocenters. The van der Waals surface area contributed by atoms with Crippen molar-refractivity contribution in [2.45, 2.75) is 0 Å². The number of ketones is 1. The van der Waals surface area contributed by atoms with Crippen LogP contribution < -0.4 is 11.3 Å². The first-order chi connectivity index (χ1) is 12.4. The average Bonchev–Trinajstić information content (AvgIpc) is 2.60. The predicted molar refractivity (Wildman–Crippen MR) is 98.4 cm³/mol. The second-order valence-corrected chi connectivity index (χ2v) is 6.46. The smallest absolute Gasteiger partial charge is 0.347 e. The Morgan fingerprint density at radius 3 is 1.54 bits per heavy atom. The molecule has 0 N–H and O–H groups in total. The van der Waals surface area contributed by atoms with E-state index in [0.29, 0.717) is 20.8 Å². The van der Waals surface area contributed by atoms with Gasteiger partial charge in [-0.15, -0.1) is 0 Å². The minimum absolute atomic E-state index is 0.284. The molecule has 0 unspecified atom stereocenters. The molecule has 4 rings (SSSR count). The lowest BCUT2D eigenvalue weighted by molar-refractivity contribution is 0.103. The number of carbonyl (C=O) groups is 1. The predicted octanol–water partition coefficient (Wildman–Crippen LogP) is 4.44. The Bertz CT molecular complexity index is 1220. The Morgan fingerprint density at radius 1 is 0.692 bits per heavy atom. The minimum Gasteiger partial charge on any atom is -0.422 e. The van der Waals surface area contributed by atoms with E-state index in [1.54, 1.807) is 24.3 Å². The number of halogens is 2. The van der Waals surface area contributed by atoms with Gasteiger partial charge in [-0.05, 0) is 48.5 Å². The number of hydrogen-bond donors (Lipinski definition) is 0. The molecular weight excluding hydrogens is 379 g/mol. The van der Waals surface area contributed by atoms with Crippen molar-refractivity contribution in [1.29, 1.82) is 0 Å². The van der Waals surface area contributed by atoms with E-state index >= 15 is 0 Å². The van der Waals surface area contributed by atoms with Crippen molar-refractivity contribution >= 4 is 50.9 Å². The third-order valence-corrected chi connectivity index (χ3v) is 4.35. The van der Waals surface area contributed by atoms with Crippen molar-refractivity contribution in [2.75, 3.05) is 0 Å². The fraction of sp³-hybridized carbons (Fsp3) is 0. The molecule has 5 nitrogen and oxygen atoms in total. The molecule has 2 aromatic heterocycles. The van der Waals surface area contributed by atoms with Crippen molar-refractivity contribution in [3.63, 3.8) is 0 Å².